The molecule has 5 nitrogen and oxygen atoms in total. The third kappa shape index (κ3) is 7.22. The summed E-state index contributed by atoms with van der Waals surface area (Å²) in [5, 5.41) is 13.6. The van der Waals surface area contributed by atoms with E-state index in [0.717, 1.165) is 18.7 Å². The maximum absolute atomic E-state index is 9.78. The van der Waals surface area contributed by atoms with Crippen LogP contribution < -0.4 is 12.4 Å². The molecular weight excluding hydrogens is 290 g/mol. The number of aliphatic hydroxyl groups is 1. The largest absolute Gasteiger partial charge is 1.00 e. The summed E-state index contributed by atoms with van der Waals surface area (Å²) in [6.45, 7) is 3.05. The van der Waals surface area contributed by atoms with E-state index >= 15 is 0 Å². The van der Waals surface area contributed by atoms with E-state index < -0.39 is 6.10 Å². The highest BCUT2D eigenvalue weighted by molar-refractivity contribution is 5.77. The molecule has 1 N–H and O–H groups in total. The number of pyridine rings is 1. The van der Waals surface area contributed by atoms with Gasteiger partial charge in [-0.2, -0.15) is 0 Å². The van der Waals surface area contributed by atoms with Crippen LogP contribution in [-0.2, 0) is 4.84 Å². The van der Waals surface area contributed by atoms with Gasteiger partial charge < -0.3 is 27.3 Å². The van der Waals surface area contributed by atoms with Gasteiger partial charge in [-0.1, -0.05) is 17.3 Å². The molecule has 1 aromatic heterocycles. The number of hydrogen-bond acceptors (Lipinski definition) is 5. The fourth-order valence-corrected chi connectivity index (χ4v) is 2.15. The fourth-order valence-electron chi connectivity index (χ4n) is 2.15. The number of oxime groups is 1. The summed E-state index contributed by atoms with van der Waals surface area (Å²) in [5.41, 5.74) is 1.01. The van der Waals surface area contributed by atoms with Crippen molar-refractivity contribution in [2.24, 2.45) is 5.16 Å². The van der Waals surface area contributed by atoms with E-state index in [1.54, 1.807) is 24.7 Å². The van der Waals surface area contributed by atoms with Gasteiger partial charge in [0.25, 0.3) is 0 Å². The van der Waals surface area contributed by atoms with Crippen LogP contribution in [0.1, 0.15) is 18.4 Å². The van der Waals surface area contributed by atoms with Crippen LogP contribution in [0.15, 0.2) is 35.8 Å². The van der Waals surface area contributed by atoms with Gasteiger partial charge in [0.2, 0.25) is 0 Å². The van der Waals surface area contributed by atoms with Crippen LogP contribution in [-0.4, -0.2) is 53.6 Å². The number of likely N-dealkylation sites (tertiary alicyclic amines) is 1. The third-order valence-corrected chi connectivity index (χ3v) is 3.13. The van der Waals surface area contributed by atoms with Gasteiger partial charge in [0.1, 0.15) is 12.7 Å². The van der Waals surface area contributed by atoms with Gasteiger partial charge in [0, 0.05) is 18.9 Å². The van der Waals surface area contributed by atoms with Crippen molar-refractivity contribution in [2.45, 2.75) is 18.9 Å². The van der Waals surface area contributed by atoms with Crippen LogP contribution in [0.4, 0.5) is 0 Å². The van der Waals surface area contributed by atoms with Gasteiger partial charge in [-0.05, 0) is 43.6 Å². The minimum atomic E-state index is -0.479. The number of nitrogens with zero attached hydrogens (tertiary/aromatic N) is 3. The molecule has 6 heteroatoms. The fraction of sp³-hybridized carbons (Fsp3) is 0.467. The summed E-state index contributed by atoms with van der Waals surface area (Å²) in [7, 11) is 0. The molecule has 0 bridgehead atoms. The monoisotopic (exact) mass is 310 g/mol. The van der Waals surface area contributed by atoms with Gasteiger partial charge in [-0.15, -0.1) is 0 Å². The molecule has 1 aromatic rings. The molecule has 0 amide bonds. The lowest BCUT2D eigenvalue weighted by atomic mass is 10.3. The summed E-state index contributed by atoms with van der Waals surface area (Å²) in [6, 6.07) is 3.83. The average molecular weight is 311 g/mol. The quantitative estimate of drug-likeness (QED) is 0.495. The lowest BCUT2D eigenvalue weighted by molar-refractivity contribution is -0.00000765. The van der Waals surface area contributed by atoms with E-state index in [-0.39, 0.29) is 19.0 Å². The van der Waals surface area contributed by atoms with E-state index in [0.29, 0.717) is 6.54 Å². The number of halogens is 1. The van der Waals surface area contributed by atoms with Gasteiger partial charge in [-0.25, -0.2) is 0 Å². The summed E-state index contributed by atoms with van der Waals surface area (Å²) in [6.07, 6.45) is 10.7. The molecule has 2 rings (SSSR count). The van der Waals surface area contributed by atoms with Crippen molar-refractivity contribution >= 4 is 12.3 Å². The lowest BCUT2D eigenvalue weighted by Gasteiger charge is -2.17. The Morgan fingerprint density at radius 2 is 2.24 bits per heavy atom. The highest BCUT2D eigenvalue weighted by Gasteiger charge is 2.15. The zero-order valence-corrected chi connectivity index (χ0v) is 12.7. The molecular formula is C15H21ClN3O2-. The van der Waals surface area contributed by atoms with Crippen molar-refractivity contribution in [1.82, 2.24) is 9.88 Å². The highest BCUT2D eigenvalue weighted by atomic mass is 35.5. The molecule has 1 atom stereocenters. The number of allylic oxidation sites excluding steroid dienone is 1. The standard InChI is InChI=1S/C15H21N3O2.ClH/c19-15(12-18-9-1-2-10-18)13-20-17-8-4-6-14-5-3-7-16-11-14;/h3-8,11,15,19H,1-2,9-10,12-13H2;1H/p-1/b6-4+,17-8+;. The number of aliphatic hydroxyl groups excluding tert-OH is 1. The van der Waals surface area contributed by atoms with Crippen molar-refractivity contribution in [3.8, 4) is 0 Å². The van der Waals surface area contributed by atoms with Crippen molar-refractivity contribution < 1.29 is 22.4 Å². The first kappa shape index (κ1) is 17.6. The summed E-state index contributed by atoms with van der Waals surface area (Å²) >= 11 is 0. The first-order chi connectivity index (χ1) is 9.84. The van der Waals surface area contributed by atoms with Crippen LogP contribution in [0.25, 0.3) is 6.08 Å². The Kier molecular flexibility index (Phi) is 8.66. The van der Waals surface area contributed by atoms with Gasteiger partial charge >= 0.3 is 0 Å². The second-order valence-electron chi connectivity index (χ2n) is 4.86. The Labute approximate surface area is 131 Å². The van der Waals surface area contributed by atoms with Crippen molar-refractivity contribution in [2.75, 3.05) is 26.2 Å². The zero-order valence-electron chi connectivity index (χ0n) is 11.9. The van der Waals surface area contributed by atoms with Gasteiger partial charge in [0.15, 0.2) is 0 Å². The summed E-state index contributed by atoms with van der Waals surface area (Å²) in [4.78, 5) is 11.3. The predicted octanol–water partition coefficient (Wildman–Crippen LogP) is -1.44. The first-order valence-corrected chi connectivity index (χ1v) is 6.97. The minimum Gasteiger partial charge on any atom is -1.00 e. The maximum Gasteiger partial charge on any atom is 0.144 e. The molecule has 0 aromatic carbocycles. The predicted molar refractivity (Wildman–Crippen MR) is 79.4 cm³/mol. The molecule has 1 unspecified atom stereocenters. The van der Waals surface area contributed by atoms with Crippen LogP contribution in [0, 0.1) is 0 Å². The molecule has 0 saturated carbocycles. The maximum atomic E-state index is 9.78. The summed E-state index contributed by atoms with van der Waals surface area (Å²) in [5.74, 6) is 0. The Morgan fingerprint density at radius 1 is 1.43 bits per heavy atom. The van der Waals surface area contributed by atoms with Gasteiger partial charge in [-0.3, -0.25) is 4.98 Å². The third-order valence-electron chi connectivity index (χ3n) is 3.13. The van der Waals surface area contributed by atoms with Crippen molar-refractivity contribution in [3.63, 3.8) is 0 Å². The lowest BCUT2D eigenvalue weighted by Crippen LogP contribution is -3.00. The van der Waals surface area contributed by atoms with E-state index in [1.165, 1.54) is 12.8 Å². The molecule has 2 heterocycles. The smallest absolute Gasteiger partial charge is 0.144 e. The average Bonchev–Trinajstić information content (AvgIpc) is 2.96. The van der Waals surface area contributed by atoms with E-state index in [9.17, 15) is 5.11 Å². The van der Waals surface area contributed by atoms with Gasteiger partial charge in [0.05, 0.1) is 6.21 Å². The van der Waals surface area contributed by atoms with E-state index in [1.807, 2.05) is 18.2 Å². The normalized spacial score (nSPS) is 17.2. The Balaban J connectivity index is 0.00000220. The second-order valence-corrected chi connectivity index (χ2v) is 4.86. The summed E-state index contributed by atoms with van der Waals surface area (Å²) < 4.78 is 0. The molecule has 116 valence electrons. The zero-order chi connectivity index (χ0) is 14.0. The van der Waals surface area contributed by atoms with E-state index in [2.05, 4.69) is 15.0 Å². The Morgan fingerprint density at radius 3 is 2.95 bits per heavy atom. The molecule has 0 radical (unpaired) electrons. The van der Waals surface area contributed by atoms with Crippen LogP contribution in [0.5, 0.6) is 0 Å². The molecule has 0 aliphatic carbocycles. The number of aromatic nitrogens is 1. The second kappa shape index (κ2) is 10.3. The number of rotatable bonds is 7. The molecule has 1 aliphatic heterocycles. The van der Waals surface area contributed by atoms with E-state index in [4.69, 9.17) is 4.84 Å². The molecule has 0 spiro atoms. The van der Waals surface area contributed by atoms with Crippen LogP contribution in [0.2, 0.25) is 0 Å². The number of β-amino-alcohol motifs (C(OH)–C–C–N with tert-alkyl or cyclic N) is 1. The molecule has 1 saturated heterocycles. The topological polar surface area (TPSA) is 58.0 Å². The molecule has 1 fully saturated rings. The first-order valence-electron chi connectivity index (χ1n) is 6.97. The minimum absolute atomic E-state index is 0. The number of hydrogen-bond donors (Lipinski definition) is 1. The van der Waals surface area contributed by atoms with Crippen molar-refractivity contribution in [3.05, 3.63) is 36.2 Å². The van der Waals surface area contributed by atoms with Crippen molar-refractivity contribution in [1.29, 1.82) is 0 Å². The Bertz CT molecular complexity index is 434. The SMILES string of the molecule is OC(CO/N=C/C=C/c1cccnc1)CN1CCCC1.[Cl-]. The van der Waals surface area contributed by atoms with Crippen LogP contribution in [0.3, 0.4) is 0 Å². The van der Waals surface area contributed by atoms with Crippen LogP contribution >= 0.6 is 0 Å². The Hall–Kier alpha value is -1.43. The highest BCUT2D eigenvalue weighted by Crippen LogP contribution is 2.07. The molecule has 1 aliphatic rings. The molecule has 21 heavy (non-hydrogen) atoms.